The maximum atomic E-state index is 5.70. The van der Waals surface area contributed by atoms with Crippen LogP contribution in [0.1, 0.15) is 58.8 Å². The standard InChI is InChI=1S/C15H26O2/c1-4-10-15(2,3)11-6-8-13-17-14-9-5-7-12-16-14/h1,14H,5-13H2,2-3H3. The molecule has 1 saturated heterocycles. The van der Waals surface area contributed by atoms with Gasteiger partial charge in [-0.15, -0.1) is 12.3 Å². The van der Waals surface area contributed by atoms with Crippen LogP contribution in [-0.4, -0.2) is 19.5 Å². The van der Waals surface area contributed by atoms with Crippen LogP contribution in [0.3, 0.4) is 0 Å². The molecule has 17 heavy (non-hydrogen) atoms. The molecule has 1 aliphatic rings. The molecule has 0 aromatic carbocycles. The monoisotopic (exact) mass is 238 g/mol. The summed E-state index contributed by atoms with van der Waals surface area (Å²) < 4.78 is 11.2. The van der Waals surface area contributed by atoms with Gasteiger partial charge in [0, 0.05) is 19.6 Å². The van der Waals surface area contributed by atoms with Gasteiger partial charge < -0.3 is 9.47 Å². The normalized spacial score (nSPS) is 21.1. The fourth-order valence-corrected chi connectivity index (χ4v) is 2.13. The van der Waals surface area contributed by atoms with Crippen LogP contribution in [0.25, 0.3) is 0 Å². The van der Waals surface area contributed by atoms with Crippen LogP contribution in [0.5, 0.6) is 0 Å². The third-order valence-corrected chi connectivity index (χ3v) is 3.27. The number of ether oxygens (including phenoxy) is 2. The molecule has 98 valence electrons. The molecule has 1 rings (SSSR count). The SMILES string of the molecule is C#CCC(C)(C)CCCCOC1CCCCO1. The van der Waals surface area contributed by atoms with Gasteiger partial charge in [0.2, 0.25) is 0 Å². The first-order chi connectivity index (χ1) is 8.14. The average Bonchev–Trinajstić information content (AvgIpc) is 2.30. The molecule has 0 aromatic rings. The van der Waals surface area contributed by atoms with Gasteiger partial charge in [0.15, 0.2) is 6.29 Å². The molecule has 0 saturated carbocycles. The first-order valence-electron chi connectivity index (χ1n) is 6.81. The topological polar surface area (TPSA) is 18.5 Å². The molecule has 0 aliphatic carbocycles. The second-order valence-electron chi connectivity index (χ2n) is 5.67. The van der Waals surface area contributed by atoms with E-state index in [9.17, 15) is 0 Å². The van der Waals surface area contributed by atoms with Crippen LogP contribution in [0.2, 0.25) is 0 Å². The molecule has 0 bridgehead atoms. The fraction of sp³-hybridized carbons (Fsp3) is 0.867. The summed E-state index contributed by atoms with van der Waals surface area (Å²) in [7, 11) is 0. The molecule has 0 spiro atoms. The number of unbranched alkanes of at least 4 members (excludes halogenated alkanes) is 1. The fourth-order valence-electron chi connectivity index (χ4n) is 2.13. The van der Waals surface area contributed by atoms with E-state index >= 15 is 0 Å². The summed E-state index contributed by atoms with van der Waals surface area (Å²) in [5.74, 6) is 2.75. The van der Waals surface area contributed by atoms with Crippen molar-refractivity contribution in [1.29, 1.82) is 0 Å². The zero-order valence-electron chi connectivity index (χ0n) is 11.3. The third-order valence-electron chi connectivity index (χ3n) is 3.27. The molecule has 0 amide bonds. The molecule has 1 heterocycles. The lowest BCUT2D eigenvalue weighted by Crippen LogP contribution is -2.22. The minimum absolute atomic E-state index is 0.0578. The van der Waals surface area contributed by atoms with Gasteiger partial charge in [0.05, 0.1) is 0 Å². The lowest BCUT2D eigenvalue weighted by atomic mass is 9.84. The van der Waals surface area contributed by atoms with Gasteiger partial charge in [-0.3, -0.25) is 0 Å². The molecule has 1 aliphatic heterocycles. The van der Waals surface area contributed by atoms with Crippen molar-refractivity contribution in [3.8, 4) is 12.3 Å². The van der Waals surface area contributed by atoms with Gasteiger partial charge in [0.25, 0.3) is 0 Å². The second-order valence-corrected chi connectivity index (χ2v) is 5.67. The predicted molar refractivity (Wildman–Crippen MR) is 70.6 cm³/mol. The van der Waals surface area contributed by atoms with Crippen LogP contribution in [0.15, 0.2) is 0 Å². The Labute approximate surface area is 106 Å². The average molecular weight is 238 g/mol. The summed E-state index contributed by atoms with van der Waals surface area (Å²) in [4.78, 5) is 0. The van der Waals surface area contributed by atoms with E-state index < -0.39 is 0 Å². The summed E-state index contributed by atoms with van der Waals surface area (Å²) in [6.45, 7) is 6.15. The first kappa shape index (κ1) is 14.5. The Morgan fingerprint density at radius 2 is 2.18 bits per heavy atom. The van der Waals surface area contributed by atoms with E-state index in [-0.39, 0.29) is 11.7 Å². The van der Waals surface area contributed by atoms with Crippen molar-refractivity contribution >= 4 is 0 Å². The van der Waals surface area contributed by atoms with Crippen molar-refractivity contribution in [2.24, 2.45) is 5.41 Å². The Morgan fingerprint density at radius 3 is 2.82 bits per heavy atom. The number of hydrogen-bond acceptors (Lipinski definition) is 2. The Kier molecular flexibility index (Phi) is 6.62. The lowest BCUT2D eigenvalue weighted by molar-refractivity contribution is -0.162. The van der Waals surface area contributed by atoms with Crippen LogP contribution in [0.4, 0.5) is 0 Å². The van der Waals surface area contributed by atoms with E-state index in [1.54, 1.807) is 0 Å². The van der Waals surface area contributed by atoms with Crippen LogP contribution in [0, 0.1) is 17.8 Å². The molecule has 0 radical (unpaired) electrons. The molecule has 1 fully saturated rings. The highest BCUT2D eigenvalue weighted by Crippen LogP contribution is 2.26. The van der Waals surface area contributed by atoms with E-state index in [1.807, 2.05) is 0 Å². The van der Waals surface area contributed by atoms with Crippen molar-refractivity contribution in [3.05, 3.63) is 0 Å². The molecular formula is C15H26O2. The number of terminal acetylenes is 1. The first-order valence-corrected chi connectivity index (χ1v) is 6.81. The van der Waals surface area contributed by atoms with E-state index in [0.29, 0.717) is 0 Å². The highest BCUT2D eigenvalue weighted by Gasteiger charge is 2.16. The Hall–Kier alpha value is -0.520. The van der Waals surface area contributed by atoms with E-state index in [2.05, 4.69) is 19.8 Å². The molecular weight excluding hydrogens is 212 g/mol. The largest absolute Gasteiger partial charge is 0.353 e. The van der Waals surface area contributed by atoms with Gasteiger partial charge >= 0.3 is 0 Å². The summed E-state index contributed by atoms with van der Waals surface area (Å²) in [5, 5.41) is 0. The van der Waals surface area contributed by atoms with Crippen molar-refractivity contribution < 1.29 is 9.47 Å². The summed E-state index contributed by atoms with van der Waals surface area (Å²) in [6, 6.07) is 0. The summed E-state index contributed by atoms with van der Waals surface area (Å²) >= 11 is 0. The number of hydrogen-bond donors (Lipinski definition) is 0. The molecule has 2 heteroatoms. The molecule has 0 aromatic heterocycles. The second kappa shape index (κ2) is 7.74. The summed E-state index contributed by atoms with van der Waals surface area (Å²) in [5.41, 5.74) is 0.274. The Morgan fingerprint density at radius 1 is 1.35 bits per heavy atom. The van der Waals surface area contributed by atoms with Gasteiger partial charge in [-0.2, -0.15) is 0 Å². The molecule has 0 N–H and O–H groups in total. The lowest BCUT2D eigenvalue weighted by Gasteiger charge is -2.24. The zero-order valence-corrected chi connectivity index (χ0v) is 11.3. The molecule has 1 unspecified atom stereocenters. The third kappa shape index (κ3) is 6.71. The molecule has 1 atom stereocenters. The van der Waals surface area contributed by atoms with Gasteiger partial charge in [-0.25, -0.2) is 0 Å². The van der Waals surface area contributed by atoms with Gasteiger partial charge in [-0.1, -0.05) is 20.3 Å². The minimum atomic E-state index is 0.0578. The Bertz CT molecular complexity index is 234. The van der Waals surface area contributed by atoms with E-state index in [4.69, 9.17) is 15.9 Å². The summed E-state index contributed by atoms with van der Waals surface area (Å²) in [6.07, 6.45) is 13.2. The van der Waals surface area contributed by atoms with Crippen molar-refractivity contribution in [3.63, 3.8) is 0 Å². The Balaban J connectivity index is 1.98. The zero-order chi connectivity index (χ0) is 12.6. The number of rotatable bonds is 7. The van der Waals surface area contributed by atoms with E-state index in [0.717, 1.165) is 32.5 Å². The highest BCUT2D eigenvalue weighted by atomic mass is 16.7. The quantitative estimate of drug-likeness (QED) is 0.497. The van der Waals surface area contributed by atoms with Crippen molar-refractivity contribution in [1.82, 2.24) is 0 Å². The minimum Gasteiger partial charge on any atom is -0.353 e. The van der Waals surface area contributed by atoms with Gasteiger partial charge in [-0.05, 0) is 37.5 Å². The smallest absolute Gasteiger partial charge is 0.157 e. The highest BCUT2D eigenvalue weighted by molar-refractivity contribution is 4.90. The van der Waals surface area contributed by atoms with Crippen LogP contribution in [-0.2, 0) is 9.47 Å². The van der Waals surface area contributed by atoms with Crippen LogP contribution >= 0.6 is 0 Å². The molecule has 2 nitrogen and oxygen atoms in total. The maximum absolute atomic E-state index is 5.70. The predicted octanol–water partition coefficient (Wildman–Crippen LogP) is 3.75. The van der Waals surface area contributed by atoms with Crippen LogP contribution < -0.4 is 0 Å². The van der Waals surface area contributed by atoms with Crippen molar-refractivity contribution in [2.75, 3.05) is 13.2 Å². The van der Waals surface area contributed by atoms with Gasteiger partial charge in [0.1, 0.15) is 0 Å². The van der Waals surface area contributed by atoms with E-state index in [1.165, 1.54) is 25.7 Å². The van der Waals surface area contributed by atoms with Crippen molar-refractivity contribution in [2.45, 2.75) is 65.1 Å². The maximum Gasteiger partial charge on any atom is 0.157 e.